The molecule has 0 saturated heterocycles. The smallest absolute Gasteiger partial charge is 0.416 e. The lowest BCUT2D eigenvalue weighted by atomic mass is 10.1. The molecule has 36 heavy (non-hydrogen) atoms. The topological polar surface area (TPSA) is 98.7 Å². The Balaban J connectivity index is 2.01. The van der Waals surface area contributed by atoms with Gasteiger partial charge in [0.2, 0.25) is 0 Å². The number of hydrogen-bond acceptors (Lipinski definition) is 6. The fourth-order valence-electron chi connectivity index (χ4n) is 3.26. The predicted octanol–water partition coefficient (Wildman–Crippen LogP) is 4.10. The number of amides is 1. The summed E-state index contributed by atoms with van der Waals surface area (Å²) in [5, 5.41) is 12.0. The summed E-state index contributed by atoms with van der Waals surface area (Å²) in [7, 11) is 1.05. The molecule has 0 radical (unpaired) electrons. The van der Waals surface area contributed by atoms with Gasteiger partial charge in [-0.1, -0.05) is 12.1 Å². The van der Waals surface area contributed by atoms with Gasteiger partial charge in [0, 0.05) is 63.5 Å². The molecule has 0 aliphatic carbocycles. The number of carboxylic acids is 1. The number of alkyl halides is 3. The summed E-state index contributed by atoms with van der Waals surface area (Å²) in [5.41, 5.74) is -0.817. The SMILES string of the molecule is [2H]C([2H])([2H])N(C)c1nc(Cc2ccc(NC(=O)c3ccc(C(F)(F)F)cc3)cc2)nc(N(C([2H])([2H])[2H])C([2H])([2H])[2H])c1CC(=O)O. The molecule has 2 aromatic carbocycles. The van der Waals surface area contributed by atoms with Gasteiger partial charge in [0.1, 0.15) is 17.5 Å². The Labute approximate surface area is 219 Å². The van der Waals surface area contributed by atoms with Crippen molar-refractivity contribution in [3.63, 3.8) is 0 Å². The zero-order valence-corrected chi connectivity index (χ0v) is 18.7. The number of aliphatic carboxylic acids is 1. The summed E-state index contributed by atoms with van der Waals surface area (Å²) in [4.78, 5) is 33.0. The van der Waals surface area contributed by atoms with Gasteiger partial charge in [0.25, 0.3) is 5.91 Å². The minimum absolute atomic E-state index is 0.0339. The maximum Gasteiger partial charge on any atom is 0.416 e. The van der Waals surface area contributed by atoms with E-state index in [2.05, 4.69) is 15.3 Å². The molecule has 3 aromatic rings. The number of hydrogen-bond donors (Lipinski definition) is 2. The van der Waals surface area contributed by atoms with Crippen molar-refractivity contribution < 1.29 is 40.2 Å². The maximum absolute atomic E-state index is 12.8. The van der Waals surface area contributed by atoms with E-state index < -0.39 is 68.2 Å². The second-order valence-corrected chi connectivity index (χ2v) is 7.63. The molecule has 1 aromatic heterocycles. The van der Waals surface area contributed by atoms with Crippen molar-refractivity contribution in [3.8, 4) is 0 Å². The standard InChI is InChI=1S/C25H26F3N5O3/c1-32(2)22-19(14-21(34)35)23(33(3)4)31-20(30-22)13-15-5-11-18(12-6-15)29-24(36)16-7-9-17(10-8-16)25(26,27)28/h5-12H,13-14H2,1-4H3,(H,29,36)(H,34,35)/i1D3,2D3,3D3. The minimum atomic E-state index is -4.56. The van der Waals surface area contributed by atoms with Crippen LogP contribution in [0.15, 0.2) is 48.5 Å². The summed E-state index contributed by atoms with van der Waals surface area (Å²) in [6, 6.07) is 9.41. The largest absolute Gasteiger partial charge is 0.481 e. The monoisotopic (exact) mass is 510 g/mol. The maximum atomic E-state index is 12.8. The fourth-order valence-corrected chi connectivity index (χ4v) is 3.26. The molecule has 8 nitrogen and oxygen atoms in total. The third kappa shape index (κ3) is 6.49. The highest BCUT2D eigenvalue weighted by Gasteiger charge is 2.30. The van der Waals surface area contributed by atoms with E-state index in [1.807, 2.05) is 0 Å². The molecule has 0 atom stereocenters. The Bertz CT molecular complexity index is 1530. The van der Waals surface area contributed by atoms with E-state index in [1.165, 1.54) is 24.3 Å². The van der Waals surface area contributed by atoms with E-state index in [0.717, 1.165) is 31.3 Å². The van der Waals surface area contributed by atoms with Crippen LogP contribution in [0.3, 0.4) is 0 Å². The highest BCUT2D eigenvalue weighted by atomic mass is 19.4. The molecule has 2 N–H and O–H groups in total. The molecule has 1 heterocycles. The van der Waals surface area contributed by atoms with Crippen LogP contribution < -0.4 is 15.1 Å². The normalized spacial score (nSPS) is 15.9. The lowest BCUT2D eigenvalue weighted by Gasteiger charge is -2.22. The lowest BCUT2D eigenvalue weighted by molar-refractivity contribution is -0.138. The number of rotatable bonds is 8. The zero-order valence-electron chi connectivity index (χ0n) is 27.7. The lowest BCUT2D eigenvalue weighted by Crippen LogP contribution is -2.22. The average Bonchev–Trinajstić information content (AvgIpc) is 2.88. The van der Waals surface area contributed by atoms with Crippen molar-refractivity contribution in [2.75, 3.05) is 43.1 Å². The first-order chi connectivity index (χ1) is 20.5. The molecule has 0 unspecified atom stereocenters. The molecule has 0 spiro atoms. The summed E-state index contributed by atoms with van der Waals surface area (Å²) in [5.74, 6) is -3.79. The third-order valence-corrected chi connectivity index (χ3v) is 4.92. The van der Waals surface area contributed by atoms with Crippen LogP contribution in [0.1, 0.15) is 45.2 Å². The van der Waals surface area contributed by atoms with Gasteiger partial charge in [-0.25, -0.2) is 9.97 Å². The van der Waals surface area contributed by atoms with Crippen LogP contribution in [0.25, 0.3) is 0 Å². The predicted molar refractivity (Wildman–Crippen MR) is 131 cm³/mol. The van der Waals surface area contributed by atoms with E-state index in [4.69, 9.17) is 12.3 Å². The molecular weight excluding hydrogens is 475 g/mol. The molecular formula is C25H26F3N5O3. The number of carbonyl (C=O) groups is 2. The number of carbonyl (C=O) groups excluding carboxylic acids is 1. The number of anilines is 3. The minimum Gasteiger partial charge on any atom is -0.481 e. The molecule has 3 rings (SSSR count). The number of benzene rings is 2. The van der Waals surface area contributed by atoms with Crippen LogP contribution >= 0.6 is 0 Å². The number of carboxylic acid groups (broad SMARTS) is 1. The summed E-state index contributed by atoms with van der Waals surface area (Å²) >= 11 is 0. The Morgan fingerprint density at radius 3 is 2.08 bits per heavy atom. The first kappa shape index (κ1) is 16.5. The highest BCUT2D eigenvalue weighted by Crippen LogP contribution is 2.29. The number of halogens is 3. The Morgan fingerprint density at radius 2 is 1.56 bits per heavy atom. The van der Waals surface area contributed by atoms with Crippen molar-refractivity contribution in [2.45, 2.75) is 19.0 Å². The van der Waals surface area contributed by atoms with Crippen molar-refractivity contribution in [3.05, 3.63) is 76.6 Å². The molecule has 0 bridgehead atoms. The molecule has 0 aliphatic heterocycles. The Hall–Kier alpha value is -4.15. The summed E-state index contributed by atoms with van der Waals surface area (Å²) in [6.07, 6.45) is -5.78. The third-order valence-electron chi connectivity index (χ3n) is 4.92. The summed E-state index contributed by atoms with van der Waals surface area (Å²) in [6.45, 7) is -9.60. The van der Waals surface area contributed by atoms with Gasteiger partial charge in [-0.2, -0.15) is 13.2 Å². The first-order valence-corrected chi connectivity index (χ1v) is 10.2. The van der Waals surface area contributed by atoms with Gasteiger partial charge in [-0.3, -0.25) is 9.59 Å². The van der Waals surface area contributed by atoms with Crippen molar-refractivity contribution in [1.29, 1.82) is 0 Å². The molecule has 0 fully saturated rings. The quantitative estimate of drug-likeness (QED) is 0.471. The second-order valence-electron chi connectivity index (χ2n) is 7.63. The number of aromatic nitrogens is 2. The van der Waals surface area contributed by atoms with Gasteiger partial charge in [-0.05, 0) is 42.0 Å². The van der Waals surface area contributed by atoms with Crippen LogP contribution in [0.4, 0.5) is 30.5 Å². The van der Waals surface area contributed by atoms with Gasteiger partial charge < -0.3 is 20.2 Å². The van der Waals surface area contributed by atoms with E-state index >= 15 is 0 Å². The first-order valence-electron chi connectivity index (χ1n) is 14.7. The Morgan fingerprint density at radius 1 is 0.972 bits per heavy atom. The molecule has 1 amide bonds. The second kappa shape index (κ2) is 10.6. The van der Waals surface area contributed by atoms with Gasteiger partial charge in [0.15, 0.2) is 0 Å². The van der Waals surface area contributed by atoms with Crippen LogP contribution in [-0.2, 0) is 23.8 Å². The van der Waals surface area contributed by atoms with Crippen molar-refractivity contribution in [1.82, 2.24) is 9.97 Å². The van der Waals surface area contributed by atoms with Crippen LogP contribution in [-0.4, -0.2) is 54.9 Å². The highest BCUT2D eigenvalue weighted by molar-refractivity contribution is 6.04. The number of nitrogens with zero attached hydrogens (tertiary/aromatic N) is 4. The van der Waals surface area contributed by atoms with E-state index in [-0.39, 0.29) is 28.4 Å². The van der Waals surface area contributed by atoms with Crippen molar-refractivity contribution >= 4 is 29.2 Å². The van der Waals surface area contributed by atoms with E-state index in [0.29, 0.717) is 10.5 Å². The molecule has 0 aliphatic rings. The number of nitrogens with one attached hydrogen (secondary N) is 1. The molecule has 0 saturated carbocycles. The average molecular weight is 511 g/mol. The summed E-state index contributed by atoms with van der Waals surface area (Å²) < 4.78 is 109. The van der Waals surface area contributed by atoms with Crippen LogP contribution in [0.5, 0.6) is 0 Å². The van der Waals surface area contributed by atoms with Crippen LogP contribution in [0, 0.1) is 0 Å². The van der Waals surface area contributed by atoms with Gasteiger partial charge in [-0.15, -0.1) is 0 Å². The zero-order chi connectivity index (χ0) is 34.1. The molecule has 11 heteroatoms. The van der Waals surface area contributed by atoms with Crippen molar-refractivity contribution in [2.24, 2.45) is 0 Å². The van der Waals surface area contributed by atoms with E-state index in [9.17, 15) is 27.9 Å². The fraction of sp³-hybridized carbons (Fsp3) is 0.280. The Kier molecular flexibility index (Phi) is 4.88. The van der Waals surface area contributed by atoms with Gasteiger partial charge >= 0.3 is 12.1 Å². The van der Waals surface area contributed by atoms with Crippen LogP contribution in [0.2, 0.25) is 0 Å². The van der Waals surface area contributed by atoms with Gasteiger partial charge in [0.05, 0.1) is 12.0 Å². The molecule has 190 valence electrons. The van der Waals surface area contributed by atoms with E-state index in [1.54, 1.807) is 0 Å².